The number of benzene rings is 1. The third kappa shape index (κ3) is 5.05. The quantitative estimate of drug-likeness (QED) is 0.422. The van der Waals surface area contributed by atoms with Gasteiger partial charge in [-0.3, -0.25) is 14.3 Å². The Balaban J connectivity index is 2.41. The van der Waals surface area contributed by atoms with E-state index in [1.165, 1.54) is 16.3 Å². The summed E-state index contributed by atoms with van der Waals surface area (Å²) in [5.74, 6) is -0.745. The van der Waals surface area contributed by atoms with E-state index in [1.54, 1.807) is 6.92 Å². The van der Waals surface area contributed by atoms with Crippen molar-refractivity contribution in [1.29, 1.82) is 0 Å². The van der Waals surface area contributed by atoms with Crippen LogP contribution in [0.2, 0.25) is 0 Å². The Morgan fingerprint density at radius 3 is 2.32 bits per heavy atom. The van der Waals surface area contributed by atoms with E-state index in [-0.39, 0.29) is 23.6 Å². The van der Waals surface area contributed by atoms with Crippen LogP contribution in [0.3, 0.4) is 0 Å². The largest absolute Gasteiger partial charge is 0.401 e. The summed E-state index contributed by atoms with van der Waals surface area (Å²) in [5.41, 5.74) is -0.431. The SMILES string of the molecule is Cc1c(Sc2ccccc2)n(COC(C)(O[SiH3])C(C)C(C)(C)C)c(=O)[nH]c1=O. The highest BCUT2D eigenvalue weighted by atomic mass is 32.2. The number of hydrogen-bond acceptors (Lipinski definition) is 5. The third-order valence-electron chi connectivity index (χ3n) is 5.30. The Kier molecular flexibility index (Phi) is 7.14. The second kappa shape index (κ2) is 8.81. The van der Waals surface area contributed by atoms with Crippen molar-refractivity contribution in [3.8, 4) is 0 Å². The average Bonchev–Trinajstić information content (AvgIpc) is 2.64. The van der Waals surface area contributed by atoms with Gasteiger partial charge in [0.15, 0.2) is 5.79 Å². The van der Waals surface area contributed by atoms with Crippen LogP contribution < -0.4 is 11.2 Å². The van der Waals surface area contributed by atoms with Crippen molar-refractivity contribution in [2.45, 2.75) is 64.0 Å². The van der Waals surface area contributed by atoms with Crippen molar-refractivity contribution < 1.29 is 9.16 Å². The van der Waals surface area contributed by atoms with Gasteiger partial charge in [0, 0.05) is 16.4 Å². The number of ether oxygens (including phenoxy) is 1. The molecule has 0 aliphatic rings. The van der Waals surface area contributed by atoms with Crippen LogP contribution in [0.1, 0.15) is 40.2 Å². The first-order chi connectivity index (χ1) is 13.0. The van der Waals surface area contributed by atoms with Gasteiger partial charge >= 0.3 is 5.69 Å². The van der Waals surface area contributed by atoms with Crippen LogP contribution in [-0.2, 0) is 15.9 Å². The number of aromatic nitrogens is 2. The zero-order valence-corrected chi connectivity index (χ0v) is 20.5. The molecular weight excluding hydrogens is 392 g/mol. The maximum Gasteiger partial charge on any atom is 0.331 e. The lowest BCUT2D eigenvalue weighted by Crippen LogP contribution is -2.46. The molecular formula is C20H30N2O4SSi. The molecule has 0 radical (unpaired) electrons. The van der Waals surface area contributed by atoms with E-state index in [0.29, 0.717) is 21.1 Å². The third-order valence-corrected chi connectivity index (χ3v) is 7.34. The molecule has 0 spiro atoms. The summed E-state index contributed by atoms with van der Waals surface area (Å²) >= 11 is 1.37. The monoisotopic (exact) mass is 422 g/mol. The number of hydrogen-bond donors (Lipinski definition) is 1. The molecule has 0 bridgehead atoms. The van der Waals surface area contributed by atoms with Crippen LogP contribution >= 0.6 is 11.8 Å². The lowest BCUT2D eigenvalue weighted by molar-refractivity contribution is -0.238. The van der Waals surface area contributed by atoms with Gasteiger partial charge in [0.2, 0.25) is 0 Å². The van der Waals surface area contributed by atoms with Crippen LogP contribution in [0, 0.1) is 18.3 Å². The summed E-state index contributed by atoms with van der Waals surface area (Å²) < 4.78 is 13.4. The van der Waals surface area contributed by atoms with Gasteiger partial charge in [-0.1, -0.05) is 57.7 Å². The second-order valence-corrected chi connectivity index (χ2v) is 9.58. The fourth-order valence-electron chi connectivity index (χ4n) is 2.84. The summed E-state index contributed by atoms with van der Waals surface area (Å²) in [6.45, 7) is 12.1. The molecule has 2 rings (SSSR count). The number of nitrogens with one attached hydrogen (secondary N) is 1. The number of aromatic amines is 1. The van der Waals surface area contributed by atoms with E-state index >= 15 is 0 Å². The van der Waals surface area contributed by atoms with E-state index in [0.717, 1.165) is 4.90 Å². The Hall–Kier alpha value is -1.61. The minimum atomic E-state index is -0.831. The van der Waals surface area contributed by atoms with Crippen molar-refractivity contribution in [3.05, 3.63) is 56.7 Å². The smallest absolute Gasteiger partial charge is 0.331 e. The van der Waals surface area contributed by atoms with Crippen molar-refractivity contribution in [2.75, 3.05) is 0 Å². The molecule has 1 N–H and O–H groups in total. The van der Waals surface area contributed by atoms with Crippen molar-refractivity contribution in [3.63, 3.8) is 0 Å². The fourth-order valence-corrected chi connectivity index (χ4v) is 4.32. The summed E-state index contributed by atoms with van der Waals surface area (Å²) in [6.07, 6.45) is 0. The second-order valence-electron chi connectivity index (χ2n) is 8.11. The van der Waals surface area contributed by atoms with Gasteiger partial charge in [-0.2, -0.15) is 0 Å². The zero-order chi connectivity index (χ0) is 21.1. The van der Waals surface area contributed by atoms with Crippen LogP contribution in [0.25, 0.3) is 0 Å². The summed E-state index contributed by atoms with van der Waals surface area (Å²) in [5, 5.41) is 0.569. The standard InChI is InChI=1S/C20H30N2O4SSi/c1-13-16(23)21-18(24)22(17(13)27-15-10-8-7-9-11-15)12-25-20(6,26-28)14(2)19(3,4)5/h7-11,14H,12H2,1-6,28H3,(H,21,23,24). The van der Waals surface area contributed by atoms with Gasteiger partial charge in [0.1, 0.15) is 17.2 Å². The molecule has 0 fully saturated rings. The molecule has 0 aliphatic carbocycles. The lowest BCUT2D eigenvalue weighted by Gasteiger charge is -2.42. The van der Waals surface area contributed by atoms with E-state index in [4.69, 9.17) is 9.16 Å². The fraction of sp³-hybridized carbons (Fsp3) is 0.500. The molecule has 0 amide bonds. The lowest BCUT2D eigenvalue weighted by atomic mass is 9.77. The zero-order valence-electron chi connectivity index (χ0n) is 17.7. The molecule has 1 aromatic heterocycles. The molecule has 0 saturated heterocycles. The number of rotatable bonds is 7. The topological polar surface area (TPSA) is 73.3 Å². The molecule has 8 heteroatoms. The summed E-state index contributed by atoms with van der Waals surface area (Å²) in [7, 11) is 0.504. The van der Waals surface area contributed by atoms with Crippen molar-refractivity contribution in [1.82, 2.24) is 9.55 Å². The Bertz CT molecular complexity index is 921. The van der Waals surface area contributed by atoms with Gasteiger partial charge in [0.25, 0.3) is 5.56 Å². The number of H-pyrrole nitrogens is 1. The van der Waals surface area contributed by atoms with Crippen LogP contribution in [-0.4, -0.2) is 25.8 Å². The number of nitrogens with zero attached hydrogens (tertiary/aromatic N) is 1. The van der Waals surface area contributed by atoms with Gasteiger partial charge in [0.05, 0.1) is 5.03 Å². The molecule has 154 valence electrons. The summed E-state index contributed by atoms with van der Waals surface area (Å²) in [6, 6.07) is 9.64. The highest BCUT2D eigenvalue weighted by Gasteiger charge is 2.39. The minimum absolute atomic E-state index is 0.00915. The van der Waals surface area contributed by atoms with Gasteiger partial charge in [-0.15, -0.1) is 0 Å². The van der Waals surface area contributed by atoms with E-state index in [2.05, 4.69) is 32.7 Å². The predicted molar refractivity (Wildman–Crippen MR) is 116 cm³/mol. The Morgan fingerprint density at radius 2 is 1.79 bits per heavy atom. The highest BCUT2D eigenvalue weighted by molar-refractivity contribution is 7.99. The maximum atomic E-state index is 12.6. The van der Waals surface area contributed by atoms with E-state index < -0.39 is 11.5 Å². The van der Waals surface area contributed by atoms with Crippen LogP contribution in [0.4, 0.5) is 0 Å². The molecule has 2 unspecified atom stereocenters. The average molecular weight is 423 g/mol. The van der Waals surface area contributed by atoms with Crippen molar-refractivity contribution in [2.24, 2.45) is 11.3 Å². The van der Waals surface area contributed by atoms with Gasteiger partial charge < -0.3 is 9.16 Å². The first kappa shape index (κ1) is 22.7. The first-order valence-corrected chi connectivity index (χ1v) is 10.9. The molecule has 0 saturated carbocycles. The first-order valence-electron chi connectivity index (χ1n) is 9.25. The Morgan fingerprint density at radius 1 is 1.18 bits per heavy atom. The molecule has 1 heterocycles. The summed E-state index contributed by atoms with van der Waals surface area (Å²) in [4.78, 5) is 28.0. The van der Waals surface area contributed by atoms with Crippen molar-refractivity contribution >= 4 is 22.2 Å². The van der Waals surface area contributed by atoms with Crippen LogP contribution in [0.15, 0.2) is 49.8 Å². The van der Waals surface area contributed by atoms with E-state index in [1.807, 2.05) is 37.3 Å². The van der Waals surface area contributed by atoms with Crippen LogP contribution in [0.5, 0.6) is 0 Å². The van der Waals surface area contributed by atoms with Gasteiger partial charge in [-0.05, 0) is 31.4 Å². The predicted octanol–water partition coefficient (Wildman–Crippen LogP) is 2.67. The molecule has 6 nitrogen and oxygen atoms in total. The molecule has 28 heavy (non-hydrogen) atoms. The Labute approximate surface area is 173 Å². The maximum absolute atomic E-state index is 12.6. The molecule has 0 aliphatic heterocycles. The normalized spacial score (nSPS) is 15.4. The highest BCUT2D eigenvalue weighted by Crippen LogP contribution is 2.37. The minimum Gasteiger partial charge on any atom is -0.401 e. The van der Waals surface area contributed by atoms with E-state index in [9.17, 15) is 9.59 Å². The molecule has 2 aromatic rings. The van der Waals surface area contributed by atoms with Gasteiger partial charge in [-0.25, -0.2) is 4.79 Å². The molecule has 1 aromatic carbocycles. The molecule has 2 atom stereocenters.